The lowest BCUT2D eigenvalue weighted by Crippen LogP contribution is -2.42. The molecule has 1 aliphatic heterocycles. The van der Waals surface area contributed by atoms with E-state index in [-0.39, 0.29) is 18.9 Å². The molecule has 1 heterocycles. The fourth-order valence-corrected chi connectivity index (χ4v) is 2.87. The number of nitrogens with one attached hydrogen (secondary N) is 2. The molecule has 0 saturated heterocycles. The van der Waals surface area contributed by atoms with Gasteiger partial charge in [0.1, 0.15) is 12.6 Å². The average molecular weight is 354 g/mol. The first-order chi connectivity index (χ1) is 12.5. The van der Waals surface area contributed by atoms with Crippen LogP contribution in [0.4, 0.5) is 10.5 Å². The number of hydrogen-bond acceptors (Lipinski definition) is 4. The first-order valence-corrected chi connectivity index (χ1v) is 8.14. The molecule has 2 amide bonds. The number of carboxylic acids is 1. The largest absolute Gasteiger partial charge is 0.480 e. The number of ether oxygens (including phenoxy) is 1. The van der Waals surface area contributed by atoms with Gasteiger partial charge in [0.25, 0.3) is 0 Å². The van der Waals surface area contributed by atoms with Crippen LogP contribution in [-0.2, 0) is 20.9 Å². The molecule has 7 nitrogen and oxygen atoms in total. The molecule has 2 aromatic rings. The molecule has 0 aliphatic carbocycles. The van der Waals surface area contributed by atoms with Gasteiger partial charge in [-0.1, -0.05) is 48.5 Å². The highest BCUT2D eigenvalue weighted by Crippen LogP contribution is 2.35. The molecule has 1 unspecified atom stereocenters. The Hall–Kier alpha value is -3.35. The van der Waals surface area contributed by atoms with E-state index in [2.05, 4.69) is 10.6 Å². The Labute approximate surface area is 150 Å². The lowest BCUT2D eigenvalue weighted by Gasteiger charge is -2.17. The Morgan fingerprint density at radius 1 is 1.12 bits per heavy atom. The number of amides is 2. The van der Waals surface area contributed by atoms with Crippen LogP contribution in [0.3, 0.4) is 0 Å². The molecule has 3 rings (SSSR count). The summed E-state index contributed by atoms with van der Waals surface area (Å²) in [5.41, 5.74) is 2.18. The fourth-order valence-electron chi connectivity index (χ4n) is 2.87. The van der Waals surface area contributed by atoms with Crippen molar-refractivity contribution in [2.45, 2.75) is 25.0 Å². The lowest BCUT2D eigenvalue weighted by atomic mass is 9.93. The van der Waals surface area contributed by atoms with Crippen molar-refractivity contribution in [2.75, 3.05) is 5.32 Å². The van der Waals surface area contributed by atoms with E-state index < -0.39 is 24.0 Å². The van der Waals surface area contributed by atoms with Gasteiger partial charge in [-0.05, 0) is 23.6 Å². The average Bonchev–Trinajstić information content (AvgIpc) is 2.95. The van der Waals surface area contributed by atoms with Gasteiger partial charge in [-0.3, -0.25) is 4.79 Å². The Balaban J connectivity index is 1.62. The van der Waals surface area contributed by atoms with E-state index in [0.29, 0.717) is 5.69 Å². The van der Waals surface area contributed by atoms with Crippen molar-refractivity contribution in [3.63, 3.8) is 0 Å². The van der Waals surface area contributed by atoms with Crippen molar-refractivity contribution in [1.29, 1.82) is 0 Å². The summed E-state index contributed by atoms with van der Waals surface area (Å²) in [6.45, 7) is 0.0335. The number of hydrogen-bond donors (Lipinski definition) is 3. The number of carboxylic acid groups (broad SMARTS) is 1. The number of alkyl carbamates (subject to hydrolysis) is 1. The fraction of sp³-hybridized carbons (Fsp3) is 0.211. The number of anilines is 1. The van der Waals surface area contributed by atoms with Crippen LogP contribution in [0, 0.1) is 0 Å². The molecule has 7 heteroatoms. The number of carbonyl (C=O) groups is 3. The lowest BCUT2D eigenvalue weighted by molar-refractivity contribution is -0.139. The minimum absolute atomic E-state index is 0.0335. The van der Waals surface area contributed by atoms with E-state index in [1.165, 1.54) is 0 Å². The highest BCUT2D eigenvalue weighted by Gasteiger charge is 2.35. The van der Waals surface area contributed by atoms with Crippen molar-refractivity contribution in [3.05, 3.63) is 65.7 Å². The number of para-hydroxylation sites is 1. The first-order valence-electron chi connectivity index (χ1n) is 8.14. The zero-order valence-electron chi connectivity index (χ0n) is 13.8. The summed E-state index contributed by atoms with van der Waals surface area (Å²) >= 11 is 0. The van der Waals surface area contributed by atoms with E-state index in [0.717, 1.165) is 11.1 Å². The van der Waals surface area contributed by atoms with Gasteiger partial charge in [0.2, 0.25) is 5.91 Å². The minimum atomic E-state index is -1.24. The molecular formula is C19H18N2O5. The van der Waals surface area contributed by atoms with Gasteiger partial charge in [-0.2, -0.15) is 0 Å². The molecule has 2 aromatic carbocycles. The summed E-state index contributed by atoms with van der Waals surface area (Å²) in [5, 5.41) is 14.4. The second-order valence-corrected chi connectivity index (χ2v) is 5.96. The number of aliphatic carboxylic acids is 1. The van der Waals surface area contributed by atoms with Gasteiger partial charge in [-0.15, -0.1) is 0 Å². The molecule has 0 bridgehead atoms. The van der Waals surface area contributed by atoms with Crippen LogP contribution in [0.25, 0.3) is 0 Å². The van der Waals surface area contributed by atoms with Gasteiger partial charge < -0.3 is 20.5 Å². The van der Waals surface area contributed by atoms with E-state index in [4.69, 9.17) is 4.74 Å². The third-order valence-electron chi connectivity index (χ3n) is 4.18. The van der Waals surface area contributed by atoms with Crippen LogP contribution in [0.2, 0.25) is 0 Å². The third kappa shape index (κ3) is 4.00. The maximum absolute atomic E-state index is 12.1. The quantitative estimate of drug-likeness (QED) is 0.739. The third-order valence-corrected chi connectivity index (χ3v) is 4.18. The molecular weight excluding hydrogens is 336 g/mol. The normalized spacial score (nSPS) is 16.3. The summed E-state index contributed by atoms with van der Waals surface area (Å²) in [6, 6.07) is 14.9. The molecule has 2 atom stereocenters. The molecule has 0 spiro atoms. The smallest absolute Gasteiger partial charge is 0.408 e. The highest BCUT2D eigenvalue weighted by molar-refractivity contribution is 6.03. The van der Waals surface area contributed by atoms with Crippen LogP contribution in [0.15, 0.2) is 54.6 Å². The molecule has 3 N–H and O–H groups in total. The van der Waals surface area contributed by atoms with Crippen LogP contribution in [0.1, 0.15) is 23.5 Å². The predicted octanol–water partition coefficient (Wildman–Crippen LogP) is 2.49. The predicted molar refractivity (Wildman–Crippen MR) is 93.6 cm³/mol. The summed E-state index contributed by atoms with van der Waals surface area (Å²) in [6.07, 6.45) is -0.897. The zero-order chi connectivity index (χ0) is 18.5. The Bertz CT molecular complexity index is 822. The van der Waals surface area contributed by atoms with Crippen molar-refractivity contribution in [1.82, 2.24) is 5.32 Å². The molecule has 0 radical (unpaired) electrons. The van der Waals surface area contributed by atoms with Gasteiger partial charge >= 0.3 is 12.1 Å². The number of benzene rings is 2. The molecule has 134 valence electrons. The van der Waals surface area contributed by atoms with Crippen molar-refractivity contribution >= 4 is 23.7 Å². The number of carbonyl (C=O) groups excluding carboxylic acids is 2. The second-order valence-electron chi connectivity index (χ2n) is 5.96. The van der Waals surface area contributed by atoms with Gasteiger partial charge in [0.15, 0.2) is 0 Å². The number of rotatable bonds is 6. The van der Waals surface area contributed by atoms with Crippen molar-refractivity contribution < 1.29 is 24.2 Å². The van der Waals surface area contributed by atoms with Crippen molar-refractivity contribution in [2.24, 2.45) is 0 Å². The van der Waals surface area contributed by atoms with Gasteiger partial charge in [0.05, 0.1) is 5.92 Å². The first kappa shape index (κ1) is 17.5. The monoisotopic (exact) mass is 354 g/mol. The van der Waals surface area contributed by atoms with Crippen LogP contribution >= 0.6 is 0 Å². The summed E-state index contributed by atoms with van der Waals surface area (Å²) in [4.78, 5) is 35.6. The molecule has 26 heavy (non-hydrogen) atoms. The van der Waals surface area contributed by atoms with E-state index in [9.17, 15) is 19.5 Å². The van der Waals surface area contributed by atoms with Gasteiger partial charge in [0, 0.05) is 5.69 Å². The SMILES string of the molecule is O=C(N[C@@H](CC1C(=O)Nc2ccccc21)C(=O)O)OCc1ccccc1. The standard InChI is InChI=1S/C19H18N2O5/c22-17-14(13-8-4-5-9-15(13)20-17)10-16(18(23)24)21-19(25)26-11-12-6-2-1-3-7-12/h1-9,14,16H,10-11H2,(H,20,22)(H,21,25)(H,23,24)/t14?,16-/m0/s1. The van der Waals surface area contributed by atoms with Crippen molar-refractivity contribution in [3.8, 4) is 0 Å². The minimum Gasteiger partial charge on any atom is -0.480 e. The maximum Gasteiger partial charge on any atom is 0.408 e. The molecule has 0 saturated carbocycles. The maximum atomic E-state index is 12.1. The highest BCUT2D eigenvalue weighted by atomic mass is 16.5. The van der Waals surface area contributed by atoms with Crippen LogP contribution in [0.5, 0.6) is 0 Å². The zero-order valence-corrected chi connectivity index (χ0v) is 13.8. The van der Waals surface area contributed by atoms with Crippen LogP contribution < -0.4 is 10.6 Å². The topological polar surface area (TPSA) is 105 Å². The molecule has 0 fully saturated rings. The summed E-state index contributed by atoms with van der Waals surface area (Å²) in [7, 11) is 0. The van der Waals surface area contributed by atoms with Crippen LogP contribution in [-0.4, -0.2) is 29.1 Å². The van der Waals surface area contributed by atoms with E-state index >= 15 is 0 Å². The number of fused-ring (bicyclic) bond motifs is 1. The second kappa shape index (κ2) is 7.69. The Morgan fingerprint density at radius 3 is 2.54 bits per heavy atom. The summed E-state index contributed by atoms with van der Waals surface area (Å²) < 4.78 is 5.06. The van der Waals surface area contributed by atoms with Gasteiger partial charge in [-0.25, -0.2) is 9.59 Å². The molecule has 1 aliphatic rings. The Kier molecular flexibility index (Phi) is 5.17. The Morgan fingerprint density at radius 2 is 1.81 bits per heavy atom. The van der Waals surface area contributed by atoms with E-state index in [1.54, 1.807) is 36.4 Å². The van der Waals surface area contributed by atoms with E-state index in [1.807, 2.05) is 18.2 Å². The summed E-state index contributed by atoms with van der Waals surface area (Å²) in [5.74, 6) is -2.14. The molecule has 0 aromatic heterocycles.